The third-order valence-corrected chi connectivity index (χ3v) is 2.97. The van der Waals surface area contributed by atoms with Crippen molar-refractivity contribution in [3.05, 3.63) is 18.0 Å². The van der Waals surface area contributed by atoms with Gasteiger partial charge in [-0.15, -0.1) is 0 Å². The number of carbonyl (C=O) groups excluding carboxylic acids is 2. The molecule has 1 aliphatic heterocycles. The predicted molar refractivity (Wildman–Crippen MR) is 59.2 cm³/mol. The zero-order chi connectivity index (χ0) is 12.3. The van der Waals surface area contributed by atoms with Crippen LogP contribution in [0.4, 0.5) is 0 Å². The third-order valence-electron chi connectivity index (χ3n) is 2.97. The molecule has 1 atom stereocenters. The quantitative estimate of drug-likeness (QED) is 0.757. The summed E-state index contributed by atoms with van der Waals surface area (Å²) in [6.45, 7) is 1.09. The Morgan fingerprint density at radius 1 is 1.59 bits per heavy atom. The number of methoxy groups -OCH3 is 1. The van der Waals surface area contributed by atoms with Crippen molar-refractivity contribution in [2.75, 3.05) is 20.2 Å². The van der Waals surface area contributed by atoms with Crippen molar-refractivity contribution in [2.24, 2.45) is 5.92 Å². The molecule has 17 heavy (non-hydrogen) atoms. The lowest BCUT2D eigenvalue weighted by Crippen LogP contribution is -2.42. The van der Waals surface area contributed by atoms with E-state index in [4.69, 9.17) is 4.74 Å². The van der Waals surface area contributed by atoms with E-state index in [0.29, 0.717) is 18.8 Å². The molecule has 92 valence electrons. The summed E-state index contributed by atoms with van der Waals surface area (Å²) in [5.41, 5.74) is 0.454. The Labute approximate surface area is 98.9 Å². The largest absolute Gasteiger partial charge is 0.469 e. The Bertz CT molecular complexity index is 402. The fraction of sp³-hybridized carbons (Fsp3) is 0.545. The monoisotopic (exact) mass is 237 g/mol. The van der Waals surface area contributed by atoms with Crippen molar-refractivity contribution < 1.29 is 14.3 Å². The molecule has 1 amide bonds. The lowest BCUT2D eigenvalue weighted by atomic mass is 9.98. The molecule has 6 heteroatoms. The first kappa shape index (κ1) is 11.6. The van der Waals surface area contributed by atoms with E-state index < -0.39 is 0 Å². The number of hydrogen-bond donors (Lipinski definition) is 1. The van der Waals surface area contributed by atoms with E-state index in [0.717, 1.165) is 12.8 Å². The number of carbonyl (C=O) groups is 2. The van der Waals surface area contributed by atoms with Crippen LogP contribution in [0.25, 0.3) is 0 Å². The van der Waals surface area contributed by atoms with E-state index in [9.17, 15) is 9.59 Å². The summed E-state index contributed by atoms with van der Waals surface area (Å²) < 4.78 is 4.71. The number of aromatic nitrogens is 2. The molecule has 0 saturated carbocycles. The zero-order valence-electron chi connectivity index (χ0n) is 9.68. The highest BCUT2D eigenvalue weighted by Gasteiger charge is 2.29. The van der Waals surface area contributed by atoms with Crippen molar-refractivity contribution in [2.45, 2.75) is 12.8 Å². The van der Waals surface area contributed by atoms with Gasteiger partial charge >= 0.3 is 5.97 Å². The van der Waals surface area contributed by atoms with Gasteiger partial charge in [0.1, 0.15) is 5.69 Å². The van der Waals surface area contributed by atoms with Gasteiger partial charge in [0.25, 0.3) is 5.91 Å². The van der Waals surface area contributed by atoms with E-state index in [2.05, 4.69) is 10.2 Å². The topological polar surface area (TPSA) is 75.3 Å². The van der Waals surface area contributed by atoms with Gasteiger partial charge < -0.3 is 9.64 Å². The Hall–Kier alpha value is -1.85. The van der Waals surface area contributed by atoms with Gasteiger partial charge in [0.05, 0.1) is 13.0 Å². The third kappa shape index (κ3) is 2.46. The molecule has 0 aliphatic carbocycles. The number of ether oxygens (including phenoxy) is 1. The molecule has 1 aliphatic rings. The molecule has 2 rings (SSSR count). The lowest BCUT2D eigenvalue weighted by Gasteiger charge is -2.30. The van der Waals surface area contributed by atoms with Gasteiger partial charge in [0.15, 0.2) is 0 Å². The Morgan fingerprint density at radius 3 is 3.06 bits per heavy atom. The van der Waals surface area contributed by atoms with Crippen LogP contribution in [0.1, 0.15) is 23.3 Å². The molecular formula is C11H15N3O3. The predicted octanol–water partition coefficient (Wildman–Crippen LogP) is 0.435. The van der Waals surface area contributed by atoms with E-state index in [1.54, 1.807) is 11.0 Å². The average molecular weight is 237 g/mol. The van der Waals surface area contributed by atoms with Crippen LogP contribution in [-0.4, -0.2) is 47.2 Å². The average Bonchev–Trinajstić information content (AvgIpc) is 2.91. The van der Waals surface area contributed by atoms with Crippen LogP contribution >= 0.6 is 0 Å². The number of nitrogens with zero attached hydrogens (tertiary/aromatic N) is 2. The first-order valence-corrected chi connectivity index (χ1v) is 5.59. The molecule has 2 heterocycles. The summed E-state index contributed by atoms with van der Waals surface area (Å²) in [6, 6.07) is 1.63. The number of nitrogens with one attached hydrogen (secondary N) is 1. The number of H-pyrrole nitrogens is 1. The number of likely N-dealkylation sites (tertiary alicyclic amines) is 1. The van der Waals surface area contributed by atoms with Crippen LogP contribution in [0, 0.1) is 5.92 Å². The standard InChI is InChI=1S/C11H15N3O3/c1-17-11(16)8-3-2-6-14(7-8)10(15)9-4-5-12-13-9/h4-5,8H,2-3,6-7H2,1H3,(H,12,13)/t8-/m0/s1. The molecule has 0 bridgehead atoms. The second-order valence-electron chi connectivity index (χ2n) is 4.08. The highest BCUT2D eigenvalue weighted by molar-refractivity contribution is 5.92. The fourth-order valence-corrected chi connectivity index (χ4v) is 2.07. The van der Waals surface area contributed by atoms with E-state index >= 15 is 0 Å². The van der Waals surface area contributed by atoms with Gasteiger partial charge in [-0.2, -0.15) is 5.10 Å². The van der Waals surface area contributed by atoms with Crippen LogP contribution < -0.4 is 0 Å². The molecule has 0 radical (unpaired) electrons. The number of esters is 1. The van der Waals surface area contributed by atoms with Crippen LogP contribution in [0.15, 0.2) is 12.3 Å². The summed E-state index contributed by atoms with van der Waals surface area (Å²) >= 11 is 0. The van der Waals surface area contributed by atoms with E-state index in [1.807, 2.05) is 0 Å². The molecule has 1 N–H and O–H groups in total. The van der Waals surface area contributed by atoms with Gasteiger partial charge in [-0.3, -0.25) is 14.7 Å². The summed E-state index contributed by atoms with van der Waals surface area (Å²) in [7, 11) is 1.37. The van der Waals surface area contributed by atoms with Crippen LogP contribution in [0.2, 0.25) is 0 Å². The summed E-state index contributed by atoms with van der Waals surface area (Å²) in [6.07, 6.45) is 3.13. The maximum absolute atomic E-state index is 12.0. The summed E-state index contributed by atoms with van der Waals surface area (Å²) in [5.74, 6) is -0.566. The molecule has 6 nitrogen and oxygen atoms in total. The van der Waals surface area contributed by atoms with Gasteiger partial charge in [-0.05, 0) is 18.9 Å². The minimum atomic E-state index is -0.243. The smallest absolute Gasteiger partial charge is 0.310 e. The highest BCUT2D eigenvalue weighted by Crippen LogP contribution is 2.19. The van der Waals surface area contributed by atoms with Gasteiger partial charge in [-0.25, -0.2) is 0 Å². The molecule has 1 fully saturated rings. The van der Waals surface area contributed by atoms with Crippen molar-refractivity contribution >= 4 is 11.9 Å². The van der Waals surface area contributed by atoms with Gasteiger partial charge in [-0.1, -0.05) is 0 Å². The van der Waals surface area contributed by atoms with Gasteiger partial charge in [0.2, 0.25) is 0 Å². The first-order chi connectivity index (χ1) is 8.22. The molecule has 0 unspecified atom stereocenters. The Kier molecular flexibility index (Phi) is 3.41. The molecule has 1 aromatic heterocycles. The zero-order valence-corrected chi connectivity index (χ0v) is 9.68. The van der Waals surface area contributed by atoms with Crippen molar-refractivity contribution in [3.63, 3.8) is 0 Å². The molecule has 1 saturated heterocycles. The number of amides is 1. The number of rotatable bonds is 2. The number of hydrogen-bond acceptors (Lipinski definition) is 4. The Morgan fingerprint density at radius 2 is 2.41 bits per heavy atom. The van der Waals surface area contributed by atoms with Crippen molar-refractivity contribution in [1.29, 1.82) is 0 Å². The lowest BCUT2D eigenvalue weighted by molar-refractivity contribution is -0.146. The van der Waals surface area contributed by atoms with Crippen molar-refractivity contribution in [3.8, 4) is 0 Å². The maximum atomic E-state index is 12.0. The minimum Gasteiger partial charge on any atom is -0.469 e. The SMILES string of the molecule is COC(=O)[C@H]1CCCN(C(=O)c2ccn[nH]2)C1. The van der Waals surface area contributed by atoms with Crippen LogP contribution in [0.5, 0.6) is 0 Å². The van der Waals surface area contributed by atoms with Crippen LogP contribution in [0.3, 0.4) is 0 Å². The van der Waals surface area contributed by atoms with E-state index in [1.165, 1.54) is 13.3 Å². The summed E-state index contributed by atoms with van der Waals surface area (Å²) in [4.78, 5) is 25.1. The number of piperidine rings is 1. The van der Waals surface area contributed by atoms with E-state index in [-0.39, 0.29) is 17.8 Å². The minimum absolute atomic E-state index is 0.115. The second kappa shape index (κ2) is 4.99. The first-order valence-electron chi connectivity index (χ1n) is 5.59. The fourth-order valence-electron chi connectivity index (χ4n) is 2.07. The molecule has 1 aromatic rings. The Balaban J connectivity index is 2.02. The molecule has 0 spiro atoms. The molecular weight excluding hydrogens is 222 g/mol. The van der Waals surface area contributed by atoms with Gasteiger partial charge in [0, 0.05) is 19.3 Å². The highest BCUT2D eigenvalue weighted by atomic mass is 16.5. The van der Waals surface area contributed by atoms with Crippen LogP contribution in [-0.2, 0) is 9.53 Å². The normalized spacial score (nSPS) is 20.1. The van der Waals surface area contributed by atoms with Crippen molar-refractivity contribution in [1.82, 2.24) is 15.1 Å². The maximum Gasteiger partial charge on any atom is 0.310 e. The second-order valence-corrected chi connectivity index (χ2v) is 4.08. The summed E-state index contributed by atoms with van der Waals surface area (Å²) in [5, 5.41) is 6.38. The molecule has 0 aromatic carbocycles. The number of aromatic amines is 1.